The molecule has 0 N–H and O–H groups in total. The highest BCUT2D eigenvalue weighted by Crippen LogP contribution is 2.20. The van der Waals surface area contributed by atoms with Crippen LogP contribution in [0.3, 0.4) is 0 Å². The summed E-state index contributed by atoms with van der Waals surface area (Å²) in [5.41, 5.74) is 0. The Morgan fingerprint density at radius 2 is 2.14 bits per heavy atom. The molecule has 0 saturated carbocycles. The third-order valence-electron chi connectivity index (χ3n) is 2.50. The van der Waals surface area contributed by atoms with Gasteiger partial charge < -0.3 is 4.90 Å². The zero-order chi connectivity index (χ0) is 10.8. The van der Waals surface area contributed by atoms with Gasteiger partial charge in [0.1, 0.15) is 0 Å². The van der Waals surface area contributed by atoms with Gasteiger partial charge in [0, 0.05) is 28.7 Å². The van der Waals surface area contributed by atoms with Crippen molar-refractivity contribution in [3.05, 3.63) is 11.5 Å². The van der Waals surface area contributed by atoms with Gasteiger partial charge in [0.2, 0.25) is 0 Å². The molecule has 1 unspecified atom stereocenters. The maximum Gasteiger partial charge on any atom is 0.254 e. The number of hydrogen-bond donors (Lipinski definition) is 0. The predicted octanol–water partition coefficient (Wildman–Crippen LogP) is 1.80. The fourth-order valence-electron chi connectivity index (χ4n) is 1.65. The first kappa shape index (κ1) is 12.0. The SMILES string of the molecule is CC(C)N1CCC(/C=C\S(=O)(=O)Cl)C1. The summed E-state index contributed by atoms with van der Waals surface area (Å²) < 4.78 is 21.3. The second kappa shape index (κ2) is 4.64. The molecule has 1 atom stereocenters. The Bertz CT molecular complexity index is 311. The smallest absolute Gasteiger partial charge is 0.254 e. The normalized spacial score (nSPS) is 25.3. The molecule has 0 aromatic carbocycles. The standard InChI is InChI=1S/C9H16ClNO2S/c1-8(2)11-5-3-9(7-11)4-6-14(10,12)13/h4,6,8-9H,3,5,7H2,1-2H3/b6-4-. The lowest BCUT2D eigenvalue weighted by atomic mass is 10.1. The minimum Gasteiger partial charge on any atom is -0.300 e. The Morgan fingerprint density at radius 3 is 2.57 bits per heavy atom. The molecule has 1 fully saturated rings. The van der Waals surface area contributed by atoms with Crippen LogP contribution in [0.5, 0.6) is 0 Å². The summed E-state index contributed by atoms with van der Waals surface area (Å²) in [5, 5.41) is 1.10. The Labute approximate surface area is 90.2 Å². The lowest BCUT2D eigenvalue weighted by Crippen LogP contribution is -2.27. The van der Waals surface area contributed by atoms with Crippen molar-refractivity contribution in [2.75, 3.05) is 13.1 Å². The van der Waals surface area contributed by atoms with Crippen molar-refractivity contribution in [2.45, 2.75) is 26.3 Å². The predicted molar refractivity (Wildman–Crippen MR) is 58.7 cm³/mol. The summed E-state index contributed by atoms with van der Waals surface area (Å²) in [6, 6.07) is 0.529. The molecule has 1 saturated heterocycles. The van der Waals surface area contributed by atoms with Crippen molar-refractivity contribution in [2.24, 2.45) is 5.92 Å². The zero-order valence-corrected chi connectivity index (χ0v) is 10.1. The van der Waals surface area contributed by atoms with Crippen molar-refractivity contribution in [1.29, 1.82) is 0 Å². The number of halogens is 1. The summed E-state index contributed by atoms with van der Waals surface area (Å²) in [6.45, 7) is 6.25. The molecule has 3 nitrogen and oxygen atoms in total. The molecule has 1 rings (SSSR count). The van der Waals surface area contributed by atoms with Crippen molar-refractivity contribution in [3.8, 4) is 0 Å². The van der Waals surface area contributed by atoms with E-state index in [1.54, 1.807) is 6.08 Å². The van der Waals surface area contributed by atoms with Gasteiger partial charge in [-0.2, -0.15) is 0 Å². The molecule has 0 spiro atoms. The van der Waals surface area contributed by atoms with Crippen molar-refractivity contribution < 1.29 is 8.42 Å². The van der Waals surface area contributed by atoms with E-state index in [1.165, 1.54) is 0 Å². The van der Waals surface area contributed by atoms with E-state index >= 15 is 0 Å². The Kier molecular flexibility index (Phi) is 3.98. The molecule has 0 aromatic rings. The highest BCUT2D eigenvalue weighted by atomic mass is 35.7. The van der Waals surface area contributed by atoms with E-state index in [0.717, 1.165) is 24.9 Å². The largest absolute Gasteiger partial charge is 0.300 e. The minimum absolute atomic E-state index is 0.325. The molecule has 82 valence electrons. The topological polar surface area (TPSA) is 37.4 Å². The maximum absolute atomic E-state index is 10.7. The van der Waals surface area contributed by atoms with Crippen LogP contribution in [0, 0.1) is 5.92 Å². The van der Waals surface area contributed by atoms with Crippen molar-refractivity contribution in [3.63, 3.8) is 0 Å². The van der Waals surface area contributed by atoms with E-state index in [1.807, 2.05) is 0 Å². The molecule has 5 heteroatoms. The van der Waals surface area contributed by atoms with Crippen LogP contribution >= 0.6 is 10.7 Å². The molecule has 1 heterocycles. The molecule has 0 bridgehead atoms. The van der Waals surface area contributed by atoms with Crippen molar-refractivity contribution in [1.82, 2.24) is 4.90 Å². The van der Waals surface area contributed by atoms with E-state index in [0.29, 0.717) is 12.0 Å². The van der Waals surface area contributed by atoms with E-state index in [-0.39, 0.29) is 0 Å². The Morgan fingerprint density at radius 1 is 1.50 bits per heavy atom. The highest BCUT2D eigenvalue weighted by molar-refractivity contribution is 8.16. The molecule has 0 radical (unpaired) electrons. The molecule has 1 aliphatic heterocycles. The van der Waals surface area contributed by atoms with Gasteiger partial charge in [-0.1, -0.05) is 6.08 Å². The van der Waals surface area contributed by atoms with E-state index < -0.39 is 9.05 Å². The summed E-state index contributed by atoms with van der Waals surface area (Å²) in [6.07, 6.45) is 2.71. The third kappa shape index (κ3) is 3.98. The summed E-state index contributed by atoms with van der Waals surface area (Å²) in [7, 11) is 1.61. The highest BCUT2D eigenvalue weighted by Gasteiger charge is 2.22. The van der Waals surface area contributed by atoms with Gasteiger partial charge in [-0.3, -0.25) is 0 Å². The van der Waals surface area contributed by atoms with Crippen LogP contribution in [0.15, 0.2) is 11.5 Å². The van der Waals surface area contributed by atoms with Crippen LogP contribution in [0.2, 0.25) is 0 Å². The fraction of sp³-hybridized carbons (Fsp3) is 0.778. The number of nitrogens with zero attached hydrogens (tertiary/aromatic N) is 1. The van der Waals surface area contributed by atoms with Gasteiger partial charge >= 0.3 is 0 Å². The van der Waals surface area contributed by atoms with Crippen LogP contribution in [-0.4, -0.2) is 32.4 Å². The maximum atomic E-state index is 10.7. The average molecular weight is 238 g/mol. The van der Waals surface area contributed by atoms with Crippen molar-refractivity contribution >= 4 is 19.7 Å². The van der Waals surface area contributed by atoms with Crippen LogP contribution in [0.1, 0.15) is 20.3 Å². The first-order chi connectivity index (χ1) is 6.38. The van der Waals surface area contributed by atoms with Gasteiger partial charge in [-0.25, -0.2) is 8.42 Å². The van der Waals surface area contributed by atoms with Gasteiger partial charge in [-0.15, -0.1) is 0 Å². The van der Waals surface area contributed by atoms with Crippen LogP contribution in [0.4, 0.5) is 0 Å². The van der Waals surface area contributed by atoms with E-state index in [2.05, 4.69) is 18.7 Å². The van der Waals surface area contributed by atoms with E-state index in [4.69, 9.17) is 10.7 Å². The first-order valence-electron chi connectivity index (χ1n) is 4.75. The minimum atomic E-state index is -3.48. The molecular weight excluding hydrogens is 222 g/mol. The van der Waals surface area contributed by atoms with Crippen LogP contribution in [-0.2, 0) is 9.05 Å². The van der Waals surface area contributed by atoms with Gasteiger partial charge in [0.05, 0.1) is 0 Å². The monoisotopic (exact) mass is 237 g/mol. The summed E-state index contributed by atoms with van der Waals surface area (Å²) >= 11 is 0. The third-order valence-corrected chi connectivity index (χ3v) is 3.29. The van der Waals surface area contributed by atoms with E-state index in [9.17, 15) is 8.42 Å². The Balaban J connectivity index is 2.48. The van der Waals surface area contributed by atoms with Gasteiger partial charge in [-0.05, 0) is 32.7 Å². The lowest BCUT2D eigenvalue weighted by molar-refractivity contribution is 0.270. The van der Waals surface area contributed by atoms with Gasteiger partial charge in [0.25, 0.3) is 9.05 Å². The molecule has 0 aromatic heterocycles. The average Bonchev–Trinajstić information content (AvgIpc) is 2.47. The van der Waals surface area contributed by atoms with Gasteiger partial charge in [0.15, 0.2) is 0 Å². The molecule has 14 heavy (non-hydrogen) atoms. The Hall–Kier alpha value is -0.0600. The first-order valence-corrected chi connectivity index (χ1v) is 7.12. The fourth-order valence-corrected chi connectivity index (χ4v) is 2.23. The number of rotatable bonds is 3. The quantitative estimate of drug-likeness (QED) is 0.703. The summed E-state index contributed by atoms with van der Waals surface area (Å²) in [4.78, 5) is 2.33. The lowest BCUT2D eigenvalue weighted by Gasteiger charge is -2.19. The number of hydrogen-bond acceptors (Lipinski definition) is 3. The summed E-state index contributed by atoms with van der Waals surface area (Å²) in [5.74, 6) is 0.325. The van der Waals surface area contributed by atoms with Crippen LogP contribution < -0.4 is 0 Å². The number of likely N-dealkylation sites (tertiary alicyclic amines) is 1. The zero-order valence-electron chi connectivity index (χ0n) is 8.48. The molecular formula is C9H16ClNO2S. The second-order valence-corrected chi connectivity index (χ2v) is 6.46. The second-order valence-electron chi connectivity index (χ2n) is 3.94. The van der Waals surface area contributed by atoms with Crippen LogP contribution in [0.25, 0.3) is 0 Å². The molecule has 1 aliphatic rings. The molecule has 0 amide bonds. The molecule has 0 aliphatic carbocycles.